The molecule has 2 aromatic carbocycles. The van der Waals surface area contributed by atoms with Crippen LogP contribution in [0.4, 0.5) is 0 Å². The fourth-order valence-corrected chi connectivity index (χ4v) is 2.66. The van der Waals surface area contributed by atoms with Crippen LogP contribution in [0.5, 0.6) is 5.75 Å². The predicted octanol–water partition coefficient (Wildman–Crippen LogP) is 2.51. The molecular formula is C18H17NO4. The van der Waals surface area contributed by atoms with E-state index in [9.17, 15) is 14.7 Å². The number of aromatic carboxylic acids is 1. The second-order valence-corrected chi connectivity index (χ2v) is 5.76. The molecule has 0 heterocycles. The summed E-state index contributed by atoms with van der Waals surface area (Å²) >= 11 is 0. The quantitative estimate of drug-likeness (QED) is 0.792. The standard InChI is InChI=1S/C18H17NO4/c20-14-7-5-12(6-8-14)15-9-16(15)17(21)19-10-11-1-3-13(4-2-11)18(22)23/h1-8,15-16,20H,9-10H2,(H,19,21)(H,22,23). The molecule has 0 spiro atoms. The van der Waals surface area contributed by atoms with Crippen LogP contribution in [-0.2, 0) is 11.3 Å². The van der Waals surface area contributed by atoms with Crippen LogP contribution >= 0.6 is 0 Å². The van der Waals surface area contributed by atoms with Gasteiger partial charge in [-0.25, -0.2) is 4.79 Å². The number of amides is 1. The fourth-order valence-electron chi connectivity index (χ4n) is 2.66. The molecule has 1 aliphatic rings. The van der Waals surface area contributed by atoms with Gasteiger partial charge in [0.15, 0.2) is 0 Å². The average Bonchev–Trinajstić information content (AvgIpc) is 3.34. The van der Waals surface area contributed by atoms with Gasteiger partial charge >= 0.3 is 5.97 Å². The van der Waals surface area contributed by atoms with E-state index in [0.29, 0.717) is 6.54 Å². The molecule has 2 atom stereocenters. The first-order chi connectivity index (χ1) is 11.0. The number of nitrogens with one attached hydrogen (secondary N) is 1. The van der Waals surface area contributed by atoms with E-state index in [4.69, 9.17) is 5.11 Å². The lowest BCUT2D eigenvalue weighted by Crippen LogP contribution is -2.24. The van der Waals surface area contributed by atoms with Gasteiger partial charge in [-0.15, -0.1) is 0 Å². The molecule has 2 unspecified atom stereocenters. The summed E-state index contributed by atoms with van der Waals surface area (Å²) in [5.74, 6) is -0.552. The Morgan fingerprint density at radius 1 is 1.04 bits per heavy atom. The van der Waals surface area contributed by atoms with Crippen molar-refractivity contribution in [3.8, 4) is 5.75 Å². The summed E-state index contributed by atoms with van der Waals surface area (Å²) in [7, 11) is 0. The van der Waals surface area contributed by atoms with Gasteiger partial charge in [-0.3, -0.25) is 4.79 Å². The van der Waals surface area contributed by atoms with Crippen LogP contribution < -0.4 is 5.32 Å². The Kier molecular flexibility index (Phi) is 4.02. The minimum Gasteiger partial charge on any atom is -0.508 e. The first-order valence-electron chi connectivity index (χ1n) is 7.43. The third-order valence-electron chi connectivity index (χ3n) is 4.12. The zero-order valence-corrected chi connectivity index (χ0v) is 12.4. The van der Waals surface area contributed by atoms with Crippen LogP contribution in [0.1, 0.15) is 33.8 Å². The Morgan fingerprint density at radius 2 is 1.70 bits per heavy atom. The molecule has 1 saturated carbocycles. The highest BCUT2D eigenvalue weighted by atomic mass is 16.4. The first kappa shape index (κ1) is 15.1. The van der Waals surface area contributed by atoms with Gasteiger partial charge in [0.25, 0.3) is 0 Å². The molecule has 0 bridgehead atoms. The number of rotatable bonds is 5. The Balaban J connectivity index is 1.52. The summed E-state index contributed by atoms with van der Waals surface area (Å²) < 4.78 is 0. The van der Waals surface area contributed by atoms with Crippen molar-refractivity contribution in [3.63, 3.8) is 0 Å². The SMILES string of the molecule is O=C(O)c1ccc(CNC(=O)C2CC2c2ccc(O)cc2)cc1. The summed E-state index contributed by atoms with van der Waals surface area (Å²) in [6, 6.07) is 13.4. The van der Waals surface area contributed by atoms with Crippen molar-refractivity contribution in [2.75, 3.05) is 0 Å². The minimum atomic E-state index is -0.963. The summed E-state index contributed by atoms with van der Waals surface area (Å²) in [5, 5.41) is 21.0. The maximum atomic E-state index is 12.1. The van der Waals surface area contributed by atoms with Crippen LogP contribution in [0, 0.1) is 5.92 Å². The van der Waals surface area contributed by atoms with Gasteiger partial charge in [-0.05, 0) is 47.7 Å². The highest BCUT2D eigenvalue weighted by molar-refractivity contribution is 5.87. The van der Waals surface area contributed by atoms with Crippen molar-refractivity contribution in [1.29, 1.82) is 0 Å². The minimum absolute atomic E-state index is 0.00499. The lowest BCUT2D eigenvalue weighted by atomic mass is 10.1. The molecule has 1 amide bonds. The van der Waals surface area contributed by atoms with Crippen LogP contribution in [0.25, 0.3) is 0 Å². The van der Waals surface area contributed by atoms with Gasteiger partial charge < -0.3 is 15.5 Å². The van der Waals surface area contributed by atoms with E-state index in [1.54, 1.807) is 24.3 Å². The molecule has 5 heteroatoms. The van der Waals surface area contributed by atoms with E-state index in [0.717, 1.165) is 17.5 Å². The largest absolute Gasteiger partial charge is 0.508 e. The number of hydrogen-bond acceptors (Lipinski definition) is 3. The monoisotopic (exact) mass is 311 g/mol. The second-order valence-electron chi connectivity index (χ2n) is 5.76. The summed E-state index contributed by atoms with van der Waals surface area (Å²) in [5.41, 5.74) is 2.16. The number of carboxylic acid groups (broad SMARTS) is 1. The molecule has 0 aromatic heterocycles. The Hall–Kier alpha value is -2.82. The highest BCUT2D eigenvalue weighted by Gasteiger charge is 2.43. The zero-order chi connectivity index (χ0) is 16.4. The van der Waals surface area contributed by atoms with Gasteiger partial charge in [0.1, 0.15) is 5.75 Å². The molecular weight excluding hydrogens is 294 g/mol. The Morgan fingerprint density at radius 3 is 2.30 bits per heavy atom. The smallest absolute Gasteiger partial charge is 0.335 e. The van der Waals surface area contributed by atoms with Crippen molar-refractivity contribution >= 4 is 11.9 Å². The number of carbonyl (C=O) groups excluding carboxylic acids is 1. The van der Waals surface area contributed by atoms with Crippen LogP contribution in [0.15, 0.2) is 48.5 Å². The number of benzene rings is 2. The number of aromatic hydroxyl groups is 1. The van der Waals surface area contributed by atoms with Crippen molar-refractivity contribution in [3.05, 3.63) is 65.2 Å². The van der Waals surface area contributed by atoms with E-state index in [2.05, 4.69) is 5.32 Å². The van der Waals surface area contributed by atoms with Gasteiger partial charge in [0, 0.05) is 12.5 Å². The van der Waals surface area contributed by atoms with E-state index in [1.165, 1.54) is 12.1 Å². The van der Waals surface area contributed by atoms with Crippen molar-refractivity contribution in [2.24, 2.45) is 5.92 Å². The maximum Gasteiger partial charge on any atom is 0.335 e. The van der Waals surface area contributed by atoms with Crippen molar-refractivity contribution in [1.82, 2.24) is 5.32 Å². The number of carbonyl (C=O) groups is 2. The van der Waals surface area contributed by atoms with E-state index in [-0.39, 0.29) is 29.1 Å². The van der Waals surface area contributed by atoms with Crippen LogP contribution in [-0.4, -0.2) is 22.1 Å². The highest BCUT2D eigenvalue weighted by Crippen LogP contribution is 2.47. The molecule has 1 aliphatic carbocycles. The number of phenolic OH excluding ortho intramolecular Hbond substituents is 1. The van der Waals surface area contributed by atoms with Crippen molar-refractivity contribution < 1.29 is 19.8 Å². The molecule has 0 saturated heterocycles. The molecule has 118 valence electrons. The Bertz CT molecular complexity index is 722. The van der Waals surface area contributed by atoms with Gasteiger partial charge in [0.05, 0.1) is 5.56 Å². The summed E-state index contributed by atoms with van der Waals surface area (Å²) in [6.45, 7) is 0.386. The Labute approximate surface area is 133 Å². The molecule has 2 aromatic rings. The zero-order valence-electron chi connectivity index (χ0n) is 12.4. The average molecular weight is 311 g/mol. The van der Waals surface area contributed by atoms with E-state index in [1.807, 2.05) is 12.1 Å². The third kappa shape index (κ3) is 3.51. The molecule has 23 heavy (non-hydrogen) atoms. The van der Waals surface area contributed by atoms with Crippen LogP contribution in [0.2, 0.25) is 0 Å². The van der Waals surface area contributed by atoms with Crippen LogP contribution in [0.3, 0.4) is 0 Å². The molecule has 1 fully saturated rings. The number of carboxylic acids is 1. The fraction of sp³-hybridized carbons (Fsp3) is 0.222. The van der Waals surface area contributed by atoms with E-state index >= 15 is 0 Å². The maximum absolute atomic E-state index is 12.1. The molecule has 3 rings (SSSR count). The predicted molar refractivity (Wildman–Crippen MR) is 84.2 cm³/mol. The molecule has 0 aliphatic heterocycles. The third-order valence-corrected chi connectivity index (χ3v) is 4.12. The van der Waals surface area contributed by atoms with Gasteiger partial charge in [-0.2, -0.15) is 0 Å². The lowest BCUT2D eigenvalue weighted by molar-refractivity contribution is -0.122. The number of phenols is 1. The summed E-state index contributed by atoms with van der Waals surface area (Å²) in [4.78, 5) is 22.9. The van der Waals surface area contributed by atoms with Gasteiger partial charge in [-0.1, -0.05) is 24.3 Å². The molecule has 5 nitrogen and oxygen atoms in total. The first-order valence-corrected chi connectivity index (χ1v) is 7.43. The lowest BCUT2D eigenvalue weighted by Gasteiger charge is -2.06. The summed E-state index contributed by atoms with van der Waals surface area (Å²) in [6.07, 6.45) is 0.814. The topological polar surface area (TPSA) is 86.6 Å². The van der Waals surface area contributed by atoms with Crippen molar-refractivity contribution in [2.45, 2.75) is 18.9 Å². The van der Waals surface area contributed by atoms with Gasteiger partial charge in [0.2, 0.25) is 5.91 Å². The molecule has 0 radical (unpaired) electrons. The molecule has 3 N–H and O–H groups in total. The second kappa shape index (κ2) is 6.12. The number of hydrogen-bond donors (Lipinski definition) is 3. The normalized spacial score (nSPS) is 19.1. The van der Waals surface area contributed by atoms with E-state index < -0.39 is 5.97 Å².